The first kappa shape index (κ1) is 32.0. The molecular weight excluding hydrogens is 530 g/mol. The van der Waals surface area contributed by atoms with E-state index in [-0.39, 0.29) is 24.0 Å². The fourth-order valence-electron chi connectivity index (χ4n) is 4.68. The highest BCUT2D eigenvalue weighted by molar-refractivity contribution is 7.09. The van der Waals surface area contributed by atoms with Crippen LogP contribution in [0.4, 0.5) is 4.79 Å². The molecule has 41 heavy (non-hydrogen) atoms. The molecule has 220 valence electrons. The van der Waals surface area contributed by atoms with Gasteiger partial charge in [0.25, 0.3) is 0 Å². The maximum atomic E-state index is 13.6. The van der Waals surface area contributed by atoms with Gasteiger partial charge in [-0.1, -0.05) is 81.1 Å². The monoisotopic (exact) mass is 575 g/mol. The maximum absolute atomic E-state index is 13.6. The molecule has 0 aliphatic rings. The Labute approximate surface area is 249 Å². The Bertz CT molecular complexity index is 1240. The fraction of sp³-hybridized carbons (Fsp3) is 0.424. The summed E-state index contributed by atoms with van der Waals surface area (Å²) in [5.41, 5.74) is 3.85. The Morgan fingerprint density at radius 3 is 2.00 bits per heavy atom. The summed E-state index contributed by atoms with van der Waals surface area (Å²) < 4.78 is 0. The number of likely N-dealkylation sites (N-methyl/N-ethyl adjacent to an activating group) is 1. The fourth-order valence-corrected chi connectivity index (χ4v) is 5.51. The number of amides is 3. The number of rotatable bonds is 15. The van der Waals surface area contributed by atoms with Gasteiger partial charge in [0.15, 0.2) is 0 Å². The molecule has 3 atom stereocenters. The summed E-state index contributed by atoms with van der Waals surface area (Å²) in [6.07, 6.45) is 3.30. The van der Waals surface area contributed by atoms with Crippen molar-refractivity contribution in [3.05, 3.63) is 100 Å². The Hall–Kier alpha value is -3.49. The number of aromatic nitrogens is 1. The zero-order chi connectivity index (χ0) is 29.8. The van der Waals surface area contributed by atoms with Gasteiger partial charge in [0.1, 0.15) is 6.04 Å². The van der Waals surface area contributed by atoms with Gasteiger partial charge in [-0.2, -0.15) is 0 Å². The molecule has 0 saturated heterocycles. The van der Waals surface area contributed by atoms with Crippen molar-refractivity contribution in [3.8, 4) is 0 Å². The number of hydrogen-bond acceptors (Lipinski definition) is 5. The summed E-state index contributed by atoms with van der Waals surface area (Å²) in [7, 11) is 3.69. The quantitative estimate of drug-likeness (QED) is 0.203. The van der Waals surface area contributed by atoms with Crippen LogP contribution >= 0.6 is 11.3 Å². The van der Waals surface area contributed by atoms with Gasteiger partial charge in [-0.05, 0) is 56.4 Å². The van der Waals surface area contributed by atoms with E-state index in [9.17, 15) is 9.59 Å². The summed E-state index contributed by atoms with van der Waals surface area (Å²) in [5.74, 6) is 0.0925. The van der Waals surface area contributed by atoms with Gasteiger partial charge in [0.2, 0.25) is 5.91 Å². The highest BCUT2D eigenvalue weighted by atomic mass is 32.1. The molecule has 2 aromatic carbocycles. The molecule has 0 bridgehead atoms. The molecule has 8 heteroatoms. The molecule has 7 nitrogen and oxygen atoms in total. The van der Waals surface area contributed by atoms with Crippen molar-refractivity contribution < 1.29 is 9.59 Å². The van der Waals surface area contributed by atoms with E-state index >= 15 is 0 Å². The average molecular weight is 576 g/mol. The van der Waals surface area contributed by atoms with Crippen LogP contribution < -0.4 is 16.0 Å². The predicted molar refractivity (Wildman–Crippen MR) is 169 cm³/mol. The maximum Gasteiger partial charge on any atom is 0.318 e. The molecule has 1 heterocycles. The third-order valence-electron chi connectivity index (χ3n) is 7.10. The zero-order valence-corrected chi connectivity index (χ0v) is 25.8. The van der Waals surface area contributed by atoms with Crippen molar-refractivity contribution >= 4 is 23.3 Å². The Morgan fingerprint density at radius 2 is 1.49 bits per heavy atom. The number of carbonyl (C=O) groups is 2. The van der Waals surface area contributed by atoms with E-state index in [2.05, 4.69) is 77.8 Å². The molecule has 0 unspecified atom stereocenters. The van der Waals surface area contributed by atoms with Crippen molar-refractivity contribution in [3.63, 3.8) is 0 Å². The smallest absolute Gasteiger partial charge is 0.318 e. The molecule has 0 aliphatic carbocycles. The van der Waals surface area contributed by atoms with Crippen LogP contribution in [0.3, 0.4) is 0 Å². The predicted octanol–water partition coefficient (Wildman–Crippen LogP) is 5.69. The molecule has 0 fully saturated rings. The molecule has 1 aromatic heterocycles. The average Bonchev–Trinajstić information content (AvgIpc) is 3.43. The topological polar surface area (TPSA) is 86.4 Å². The van der Waals surface area contributed by atoms with Crippen LogP contribution in [0.25, 0.3) is 0 Å². The van der Waals surface area contributed by atoms with Gasteiger partial charge in [-0.15, -0.1) is 11.3 Å². The second-order valence-corrected chi connectivity index (χ2v) is 12.0. The second kappa shape index (κ2) is 16.1. The third-order valence-corrected chi connectivity index (χ3v) is 8.29. The van der Waals surface area contributed by atoms with E-state index in [1.165, 1.54) is 5.56 Å². The molecule has 3 aromatic rings. The van der Waals surface area contributed by atoms with E-state index in [0.29, 0.717) is 24.5 Å². The van der Waals surface area contributed by atoms with E-state index in [0.717, 1.165) is 35.5 Å². The van der Waals surface area contributed by atoms with E-state index < -0.39 is 6.04 Å². The number of urea groups is 1. The van der Waals surface area contributed by atoms with Gasteiger partial charge in [-0.3, -0.25) is 4.79 Å². The van der Waals surface area contributed by atoms with E-state index in [1.807, 2.05) is 36.7 Å². The molecule has 3 N–H and O–H groups in total. The highest BCUT2D eigenvalue weighted by Crippen LogP contribution is 2.20. The first-order valence-corrected chi connectivity index (χ1v) is 15.2. The van der Waals surface area contributed by atoms with Crippen molar-refractivity contribution in [2.24, 2.45) is 0 Å². The highest BCUT2D eigenvalue weighted by Gasteiger charge is 2.26. The lowest BCUT2D eigenvalue weighted by Crippen LogP contribution is -2.53. The first-order valence-electron chi connectivity index (χ1n) is 14.3. The van der Waals surface area contributed by atoms with Gasteiger partial charge in [0.05, 0.1) is 17.2 Å². The molecule has 0 aliphatic heterocycles. The van der Waals surface area contributed by atoms with Crippen LogP contribution in [-0.2, 0) is 24.2 Å². The summed E-state index contributed by atoms with van der Waals surface area (Å²) in [4.78, 5) is 32.8. The normalized spacial score (nSPS) is 13.3. The summed E-state index contributed by atoms with van der Waals surface area (Å²) in [6.45, 7) is 10.3. The van der Waals surface area contributed by atoms with Crippen LogP contribution in [0, 0.1) is 0 Å². The number of carbonyl (C=O) groups excluding carboxylic acids is 2. The van der Waals surface area contributed by atoms with Crippen LogP contribution in [0.5, 0.6) is 0 Å². The molecule has 3 rings (SSSR count). The standard InChI is InChI=1S/C33H45N5O2S/c1-23(2)30(37-33(40)38(6)21-29-22-41-32(36-29)24(3)4)31(39)35-28(20-26-15-11-8-12-16-26)18-17-27(34-5)19-25-13-9-7-10-14-25/h7-16,22,24,27-28,30,34H,1,17-21H2,2-6H3,(H,35,39)(H,37,40)/t27-,28-,30+/m1/s1. The largest absolute Gasteiger partial charge is 0.351 e. The molecule has 0 saturated carbocycles. The minimum atomic E-state index is -0.839. The summed E-state index contributed by atoms with van der Waals surface area (Å²) >= 11 is 1.60. The van der Waals surface area contributed by atoms with Crippen molar-refractivity contribution in [2.75, 3.05) is 14.1 Å². The number of nitrogens with zero attached hydrogens (tertiary/aromatic N) is 2. The van der Waals surface area contributed by atoms with Crippen LogP contribution in [0.1, 0.15) is 61.4 Å². The van der Waals surface area contributed by atoms with Crippen molar-refractivity contribution in [1.82, 2.24) is 25.8 Å². The molecule has 3 amide bonds. The lowest BCUT2D eigenvalue weighted by atomic mass is 9.95. The van der Waals surface area contributed by atoms with Gasteiger partial charge in [0, 0.05) is 30.4 Å². The number of benzene rings is 2. The SMILES string of the molecule is C=C(C)[C@H](NC(=O)N(C)Cc1csc(C(C)C)n1)C(=O)N[C@H](CC[C@H](Cc1ccccc1)NC)Cc1ccccc1. The zero-order valence-electron chi connectivity index (χ0n) is 25.0. The van der Waals surface area contributed by atoms with Crippen LogP contribution in [0.15, 0.2) is 78.2 Å². The third kappa shape index (κ3) is 10.4. The summed E-state index contributed by atoms with van der Waals surface area (Å²) in [5, 5.41) is 12.6. The van der Waals surface area contributed by atoms with Crippen LogP contribution in [0.2, 0.25) is 0 Å². The lowest BCUT2D eigenvalue weighted by molar-refractivity contribution is -0.122. The summed E-state index contributed by atoms with van der Waals surface area (Å²) in [6, 6.07) is 19.6. The minimum absolute atomic E-state index is 0.0996. The van der Waals surface area contributed by atoms with Gasteiger partial charge in [-0.25, -0.2) is 9.78 Å². The molecular formula is C33H45N5O2S. The Morgan fingerprint density at radius 1 is 0.927 bits per heavy atom. The Balaban J connectivity index is 1.65. The van der Waals surface area contributed by atoms with Gasteiger partial charge < -0.3 is 20.9 Å². The van der Waals surface area contributed by atoms with Crippen molar-refractivity contribution in [2.45, 2.75) is 77.0 Å². The first-order chi connectivity index (χ1) is 19.7. The second-order valence-electron chi connectivity index (χ2n) is 11.1. The minimum Gasteiger partial charge on any atom is -0.351 e. The Kier molecular flexibility index (Phi) is 12.6. The van der Waals surface area contributed by atoms with Gasteiger partial charge >= 0.3 is 6.03 Å². The molecule has 0 spiro atoms. The number of hydrogen-bond donors (Lipinski definition) is 3. The van der Waals surface area contributed by atoms with Crippen molar-refractivity contribution in [1.29, 1.82) is 0 Å². The lowest BCUT2D eigenvalue weighted by Gasteiger charge is -2.27. The van der Waals surface area contributed by atoms with E-state index in [4.69, 9.17) is 0 Å². The number of nitrogens with one attached hydrogen (secondary N) is 3. The number of thiazole rings is 1. The van der Waals surface area contributed by atoms with Crippen LogP contribution in [-0.4, -0.2) is 54.0 Å². The molecule has 0 radical (unpaired) electrons. The van der Waals surface area contributed by atoms with E-state index in [1.54, 1.807) is 30.2 Å².